The predicted octanol–water partition coefficient (Wildman–Crippen LogP) is 2.03. The second-order valence-electron chi connectivity index (χ2n) is 3.91. The molecule has 0 atom stereocenters. The molecule has 19 heavy (non-hydrogen) atoms. The van der Waals surface area contributed by atoms with E-state index in [-0.39, 0.29) is 12.6 Å². The molecule has 1 heterocycles. The zero-order valence-corrected chi connectivity index (χ0v) is 12.2. The Morgan fingerprint density at radius 2 is 2.21 bits per heavy atom. The molecule has 0 aromatic carbocycles. The monoisotopic (exact) mass is 280 g/mol. The number of amides is 2. The van der Waals surface area contributed by atoms with Gasteiger partial charge >= 0.3 is 6.03 Å². The van der Waals surface area contributed by atoms with Crippen LogP contribution < -0.4 is 5.32 Å². The molecule has 0 spiro atoms. The molecular formula is C14H20N2O2S. The van der Waals surface area contributed by atoms with Gasteiger partial charge < -0.3 is 15.3 Å². The lowest BCUT2D eigenvalue weighted by molar-refractivity contribution is 0.203. The minimum Gasteiger partial charge on any atom is -0.395 e. The molecule has 0 unspecified atom stereocenters. The molecule has 1 aromatic rings. The van der Waals surface area contributed by atoms with E-state index >= 15 is 0 Å². The van der Waals surface area contributed by atoms with Crippen molar-refractivity contribution in [3.8, 4) is 11.8 Å². The fraction of sp³-hybridized carbons (Fsp3) is 0.500. The van der Waals surface area contributed by atoms with E-state index in [0.29, 0.717) is 26.1 Å². The molecule has 104 valence electrons. The van der Waals surface area contributed by atoms with Crippen LogP contribution in [0.15, 0.2) is 11.4 Å². The summed E-state index contributed by atoms with van der Waals surface area (Å²) < 4.78 is 0. The zero-order chi connectivity index (χ0) is 14.1. The van der Waals surface area contributed by atoms with Crippen molar-refractivity contribution in [3.05, 3.63) is 21.9 Å². The first-order valence-corrected chi connectivity index (χ1v) is 7.29. The fourth-order valence-electron chi connectivity index (χ4n) is 1.54. The molecule has 2 amide bonds. The molecule has 4 nitrogen and oxygen atoms in total. The average Bonchev–Trinajstić information content (AvgIpc) is 2.86. The Morgan fingerprint density at radius 1 is 1.47 bits per heavy atom. The van der Waals surface area contributed by atoms with Crippen molar-refractivity contribution < 1.29 is 9.90 Å². The van der Waals surface area contributed by atoms with Crippen LogP contribution in [0.1, 0.15) is 30.7 Å². The summed E-state index contributed by atoms with van der Waals surface area (Å²) in [6, 6.07) is 1.93. The van der Waals surface area contributed by atoms with E-state index in [2.05, 4.69) is 17.2 Å². The van der Waals surface area contributed by atoms with Gasteiger partial charge in [-0.2, -0.15) is 0 Å². The molecular weight excluding hydrogens is 260 g/mol. The molecule has 0 fully saturated rings. The van der Waals surface area contributed by atoms with Crippen LogP contribution in [-0.2, 0) is 6.54 Å². The van der Waals surface area contributed by atoms with Crippen molar-refractivity contribution in [1.29, 1.82) is 0 Å². The molecule has 0 aliphatic heterocycles. The number of aliphatic hydroxyl groups excluding tert-OH is 1. The van der Waals surface area contributed by atoms with Crippen molar-refractivity contribution in [1.82, 2.24) is 10.2 Å². The van der Waals surface area contributed by atoms with Crippen LogP contribution in [0.3, 0.4) is 0 Å². The van der Waals surface area contributed by atoms with Gasteiger partial charge in [-0.15, -0.1) is 11.3 Å². The summed E-state index contributed by atoms with van der Waals surface area (Å²) in [6.45, 7) is 5.97. The van der Waals surface area contributed by atoms with Crippen LogP contribution in [0, 0.1) is 11.8 Å². The first-order chi connectivity index (χ1) is 9.21. The molecule has 0 bridgehead atoms. The number of hydrogen-bond donors (Lipinski definition) is 2. The SMILES string of the molecule is CCN(CC)C(=O)NCc1cc(C#CCCO)cs1. The van der Waals surface area contributed by atoms with E-state index in [9.17, 15) is 4.79 Å². The van der Waals surface area contributed by atoms with Crippen LogP contribution in [-0.4, -0.2) is 35.7 Å². The lowest BCUT2D eigenvalue weighted by Crippen LogP contribution is -2.39. The maximum Gasteiger partial charge on any atom is 0.317 e. The Balaban J connectivity index is 2.46. The van der Waals surface area contributed by atoms with E-state index in [1.54, 1.807) is 16.2 Å². The Bertz CT molecular complexity index is 456. The van der Waals surface area contributed by atoms with E-state index < -0.39 is 0 Å². The van der Waals surface area contributed by atoms with Crippen molar-refractivity contribution >= 4 is 17.4 Å². The quantitative estimate of drug-likeness (QED) is 0.811. The summed E-state index contributed by atoms with van der Waals surface area (Å²) in [7, 11) is 0. The Labute approximate surface area is 118 Å². The van der Waals surface area contributed by atoms with Gasteiger partial charge in [-0.1, -0.05) is 11.8 Å². The summed E-state index contributed by atoms with van der Waals surface area (Å²) in [5, 5.41) is 13.5. The number of urea groups is 1. The van der Waals surface area contributed by atoms with Gasteiger partial charge in [0.2, 0.25) is 0 Å². The van der Waals surface area contributed by atoms with Crippen LogP contribution in [0.4, 0.5) is 4.79 Å². The van der Waals surface area contributed by atoms with Crippen molar-refractivity contribution in [3.63, 3.8) is 0 Å². The minimum absolute atomic E-state index is 0.0358. The van der Waals surface area contributed by atoms with E-state index in [1.165, 1.54) is 0 Å². The van der Waals surface area contributed by atoms with Gasteiger partial charge in [-0.3, -0.25) is 0 Å². The predicted molar refractivity (Wildman–Crippen MR) is 78.1 cm³/mol. The maximum absolute atomic E-state index is 11.8. The molecule has 0 saturated carbocycles. The largest absolute Gasteiger partial charge is 0.395 e. The van der Waals surface area contributed by atoms with Crippen LogP contribution in [0.5, 0.6) is 0 Å². The summed E-state index contributed by atoms with van der Waals surface area (Å²) in [6.07, 6.45) is 0.490. The summed E-state index contributed by atoms with van der Waals surface area (Å²) >= 11 is 1.58. The van der Waals surface area contributed by atoms with Crippen molar-refractivity contribution in [2.24, 2.45) is 0 Å². The third-order valence-corrected chi connectivity index (χ3v) is 3.52. The number of aliphatic hydroxyl groups is 1. The molecule has 1 rings (SSSR count). The molecule has 2 N–H and O–H groups in total. The highest BCUT2D eigenvalue weighted by molar-refractivity contribution is 7.10. The van der Waals surface area contributed by atoms with Gasteiger partial charge in [0.15, 0.2) is 0 Å². The second-order valence-corrected chi connectivity index (χ2v) is 4.90. The number of nitrogens with one attached hydrogen (secondary N) is 1. The normalized spacial score (nSPS) is 9.63. The van der Waals surface area contributed by atoms with Crippen molar-refractivity contribution in [2.45, 2.75) is 26.8 Å². The molecule has 0 saturated heterocycles. The molecule has 1 aromatic heterocycles. The third kappa shape index (κ3) is 5.33. The van der Waals surface area contributed by atoms with Crippen LogP contribution in [0.25, 0.3) is 0 Å². The first kappa shape index (κ1) is 15.5. The Hall–Kier alpha value is -1.51. The van der Waals surface area contributed by atoms with E-state index in [1.807, 2.05) is 25.3 Å². The minimum atomic E-state index is -0.0358. The standard InChI is InChI=1S/C14H20N2O2S/c1-3-16(4-2)14(18)15-10-13-9-12(11-19-13)7-5-6-8-17/h9,11,17H,3-4,6,8,10H2,1-2H3,(H,15,18). The van der Waals surface area contributed by atoms with Crippen LogP contribution in [0.2, 0.25) is 0 Å². The first-order valence-electron chi connectivity index (χ1n) is 6.41. The zero-order valence-electron chi connectivity index (χ0n) is 11.4. The Kier molecular flexibility index (Phi) is 7.01. The second kappa shape index (κ2) is 8.57. The van der Waals surface area contributed by atoms with Gasteiger partial charge in [0.25, 0.3) is 0 Å². The van der Waals surface area contributed by atoms with Crippen LogP contribution >= 0.6 is 11.3 Å². The topological polar surface area (TPSA) is 52.6 Å². The van der Waals surface area contributed by atoms with Gasteiger partial charge in [0.05, 0.1) is 13.2 Å². The summed E-state index contributed by atoms with van der Waals surface area (Å²) in [5.74, 6) is 5.85. The summed E-state index contributed by atoms with van der Waals surface area (Å²) in [4.78, 5) is 14.6. The van der Waals surface area contributed by atoms with Gasteiger partial charge in [0, 0.05) is 35.3 Å². The maximum atomic E-state index is 11.8. The number of carbonyl (C=O) groups excluding carboxylic acids is 1. The Morgan fingerprint density at radius 3 is 2.84 bits per heavy atom. The highest BCUT2D eigenvalue weighted by Gasteiger charge is 2.08. The smallest absolute Gasteiger partial charge is 0.317 e. The number of nitrogens with zero attached hydrogens (tertiary/aromatic N) is 1. The van der Waals surface area contributed by atoms with Gasteiger partial charge in [-0.25, -0.2) is 4.79 Å². The highest BCUT2D eigenvalue weighted by atomic mass is 32.1. The van der Waals surface area contributed by atoms with Crippen molar-refractivity contribution in [2.75, 3.05) is 19.7 Å². The number of thiophene rings is 1. The molecule has 0 aliphatic rings. The number of carbonyl (C=O) groups is 1. The molecule has 5 heteroatoms. The van der Waals surface area contributed by atoms with E-state index in [0.717, 1.165) is 10.4 Å². The highest BCUT2D eigenvalue weighted by Crippen LogP contribution is 2.13. The lowest BCUT2D eigenvalue weighted by atomic mass is 10.3. The molecule has 0 aliphatic carbocycles. The molecule has 0 radical (unpaired) electrons. The number of hydrogen-bond acceptors (Lipinski definition) is 3. The van der Waals surface area contributed by atoms with Gasteiger partial charge in [-0.05, 0) is 19.9 Å². The summed E-state index contributed by atoms with van der Waals surface area (Å²) in [5.41, 5.74) is 0.936. The fourth-order valence-corrected chi connectivity index (χ4v) is 2.30. The lowest BCUT2D eigenvalue weighted by Gasteiger charge is -2.18. The third-order valence-electron chi connectivity index (χ3n) is 2.59. The van der Waals surface area contributed by atoms with Gasteiger partial charge in [0.1, 0.15) is 0 Å². The van der Waals surface area contributed by atoms with E-state index in [4.69, 9.17) is 5.11 Å². The average molecular weight is 280 g/mol. The number of rotatable bonds is 5.